The summed E-state index contributed by atoms with van der Waals surface area (Å²) in [5.41, 5.74) is 0. The maximum absolute atomic E-state index is 9.42. The first kappa shape index (κ1) is 15.2. The molecule has 0 aromatic carbocycles. The summed E-state index contributed by atoms with van der Waals surface area (Å²) in [5.74, 6) is 0. The number of aliphatic hydroxyl groups excluding tert-OH is 1. The molecule has 2 aliphatic heterocycles. The van der Waals surface area contributed by atoms with Gasteiger partial charge in [-0.1, -0.05) is 13.8 Å². The number of nitrogens with one attached hydrogen (secondary N) is 1. The highest BCUT2D eigenvalue weighted by Gasteiger charge is 2.34. The summed E-state index contributed by atoms with van der Waals surface area (Å²) >= 11 is 0. The lowest BCUT2D eigenvalue weighted by Crippen LogP contribution is -2.42. The van der Waals surface area contributed by atoms with Crippen LogP contribution in [0.1, 0.15) is 39.5 Å². The predicted octanol–water partition coefficient (Wildman–Crippen LogP) is 0.904. The van der Waals surface area contributed by atoms with Crippen LogP contribution in [0.5, 0.6) is 0 Å². The van der Waals surface area contributed by atoms with Gasteiger partial charge >= 0.3 is 0 Å². The molecule has 2 fully saturated rings. The van der Waals surface area contributed by atoms with E-state index in [1.807, 2.05) is 0 Å². The quantitative estimate of drug-likeness (QED) is 0.752. The van der Waals surface area contributed by atoms with Gasteiger partial charge in [0.2, 0.25) is 0 Å². The molecule has 19 heavy (non-hydrogen) atoms. The van der Waals surface area contributed by atoms with Gasteiger partial charge in [0.05, 0.1) is 6.61 Å². The molecular formula is C15H31N3O. The average Bonchev–Trinajstić information content (AvgIpc) is 2.60. The second kappa shape index (κ2) is 7.02. The number of likely N-dealkylation sites (tertiary alicyclic amines) is 1. The van der Waals surface area contributed by atoms with Crippen molar-refractivity contribution in [1.29, 1.82) is 0 Å². The second-order valence-electron chi connectivity index (χ2n) is 6.63. The molecule has 112 valence electrons. The fraction of sp³-hybridized carbons (Fsp3) is 1.00. The zero-order valence-electron chi connectivity index (χ0n) is 12.8. The molecule has 2 rings (SSSR count). The van der Waals surface area contributed by atoms with Gasteiger partial charge in [-0.3, -0.25) is 4.90 Å². The van der Waals surface area contributed by atoms with Gasteiger partial charge in [-0.2, -0.15) is 0 Å². The average molecular weight is 269 g/mol. The van der Waals surface area contributed by atoms with E-state index in [1.165, 1.54) is 32.4 Å². The number of hydrogen-bond acceptors (Lipinski definition) is 4. The van der Waals surface area contributed by atoms with Crippen LogP contribution in [0.2, 0.25) is 0 Å². The third-order valence-electron chi connectivity index (χ3n) is 4.82. The van der Waals surface area contributed by atoms with E-state index in [0.717, 1.165) is 25.0 Å². The highest BCUT2D eigenvalue weighted by Crippen LogP contribution is 2.28. The molecule has 2 bridgehead atoms. The van der Waals surface area contributed by atoms with E-state index >= 15 is 0 Å². The van der Waals surface area contributed by atoms with Crippen LogP contribution >= 0.6 is 0 Å². The Balaban J connectivity index is 1.76. The number of hydrogen-bond donors (Lipinski definition) is 2. The minimum atomic E-state index is 0.248. The van der Waals surface area contributed by atoms with Crippen LogP contribution < -0.4 is 5.32 Å². The third-order valence-corrected chi connectivity index (χ3v) is 4.82. The summed E-state index contributed by atoms with van der Waals surface area (Å²) in [7, 11) is 2.29. The van der Waals surface area contributed by atoms with Crippen LogP contribution in [0.4, 0.5) is 0 Å². The fourth-order valence-electron chi connectivity index (χ4n) is 3.62. The first-order valence-electron chi connectivity index (χ1n) is 7.91. The number of aliphatic hydroxyl groups is 1. The molecule has 0 saturated carbocycles. The van der Waals surface area contributed by atoms with Crippen molar-refractivity contribution >= 4 is 0 Å². The molecule has 3 unspecified atom stereocenters. The van der Waals surface area contributed by atoms with Crippen LogP contribution in [-0.2, 0) is 0 Å². The molecule has 0 aliphatic carbocycles. The molecule has 4 nitrogen and oxygen atoms in total. The molecule has 0 spiro atoms. The SMILES string of the molecule is CC(C)NC(CO)CCN1CCC2CCC(C1)N2C. The van der Waals surface area contributed by atoms with Crippen molar-refractivity contribution in [3.05, 3.63) is 0 Å². The standard InChI is InChI=1S/C15H31N3O/c1-12(2)16-13(11-19)6-8-18-9-7-14-4-5-15(10-18)17(14)3/h12-16,19H,4-11H2,1-3H3. The summed E-state index contributed by atoms with van der Waals surface area (Å²) in [5, 5.41) is 12.9. The smallest absolute Gasteiger partial charge is 0.0585 e. The molecule has 0 radical (unpaired) electrons. The van der Waals surface area contributed by atoms with Gasteiger partial charge in [0.1, 0.15) is 0 Å². The van der Waals surface area contributed by atoms with E-state index in [4.69, 9.17) is 0 Å². The Kier molecular flexibility index (Phi) is 5.63. The lowest BCUT2D eigenvalue weighted by molar-refractivity contribution is 0.187. The first-order valence-corrected chi connectivity index (χ1v) is 7.91. The number of likely N-dealkylation sites (N-methyl/N-ethyl adjacent to an activating group) is 1. The molecule has 2 saturated heterocycles. The fourth-order valence-corrected chi connectivity index (χ4v) is 3.62. The Bertz CT molecular complexity index is 272. The topological polar surface area (TPSA) is 38.7 Å². The number of rotatable bonds is 6. The highest BCUT2D eigenvalue weighted by atomic mass is 16.3. The van der Waals surface area contributed by atoms with Crippen LogP contribution in [0.3, 0.4) is 0 Å². The lowest BCUT2D eigenvalue weighted by atomic mass is 10.1. The number of fused-ring (bicyclic) bond motifs is 2. The maximum Gasteiger partial charge on any atom is 0.0585 e. The molecule has 0 aromatic heterocycles. The zero-order chi connectivity index (χ0) is 13.8. The molecule has 4 heteroatoms. The minimum Gasteiger partial charge on any atom is -0.395 e. The molecule has 2 heterocycles. The Morgan fingerprint density at radius 2 is 1.95 bits per heavy atom. The van der Waals surface area contributed by atoms with E-state index in [-0.39, 0.29) is 12.6 Å². The summed E-state index contributed by atoms with van der Waals surface area (Å²) in [6.45, 7) is 8.09. The van der Waals surface area contributed by atoms with Crippen molar-refractivity contribution in [2.24, 2.45) is 0 Å². The van der Waals surface area contributed by atoms with Crippen molar-refractivity contribution in [3.63, 3.8) is 0 Å². The van der Waals surface area contributed by atoms with Crippen molar-refractivity contribution in [2.45, 2.75) is 63.7 Å². The summed E-state index contributed by atoms with van der Waals surface area (Å²) in [6, 6.07) is 2.28. The largest absolute Gasteiger partial charge is 0.395 e. The minimum absolute atomic E-state index is 0.248. The van der Waals surface area contributed by atoms with Crippen molar-refractivity contribution in [3.8, 4) is 0 Å². The van der Waals surface area contributed by atoms with Crippen molar-refractivity contribution in [1.82, 2.24) is 15.1 Å². The van der Waals surface area contributed by atoms with E-state index in [2.05, 4.69) is 36.0 Å². The monoisotopic (exact) mass is 269 g/mol. The normalized spacial score (nSPS) is 30.8. The van der Waals surface area contributed by atoms with Crippen molar-refractivity contribution < 1.29 is 5.11 Å². The van der Waals surface area contributed by atoms with E-state index in [9.17, 15) is 5.11 Å². The maximum atomic E-state index is 9.42. The van der Waals surface area contributed by atoms with Gasteiger partial charge in [0.25, 0.3) is 0 Å². The van der Waals surface area contributed by atoms with E-state index in [0.29, 0.717) is 6.04 Å². The van der Waals surface area contributed by atoms with Crippen LogP contribution in [0, 0.1) is 0 Å². The number of nitrogens with zero attached hydrogens (tertiary/aromatic N) is 2. The Labute approximate surface area is 118 Å². The summed E-state index contributed by atoms with van der Waals surface area (Å²) in [6.07, 6.45) is 5.12. The molecule has 0 aromatic rings. The van der Waals surface area contributed by atoms with Crippen LogP contribution in [-0.4, -0.2) is 72.4 Å². The van der Waals surface area contributed by atoms with Gasteiger partial charge in [0, 0.05) is 30.7 Å². The Hall–Kier alpha value is -0.160. The van der Waals surface area contributed by atoms with Crippen LogP contribution in [0.15, 0.2) is 0 Å². The van der Waals surface area contributed by atoms with E-state index in [1.54, 1.807) is 0 Å². The van der Waals surface area contributed by atoms with Gasteiger partial charge in [-0.15, -0.1) is 0 Å². The molecule has 0 amide bonds. The molecule has 3 atom stereocenters. The van der Waals surface area contributed by atoms with E-state index < -0.39 is 0 Å². The second-order valence-corrected chi connectivity index (χ2v) is 6.63. The zero-order valence-corrected chi connectivity index (χ0v) is 12.8. The summed E-state index contributed by atoms with van der Waals surface area (Å²) < 4.78 is 0. The van der Waals surface area contributed by atoms with Gasteiger partial charge in [-0.05, 0) is 45.8 Å². The lowest BCUT2D eigenvalue weighted by Gasteiger charge is -2.27. The van der Waals surface area contributed by atoms with Crippen molar-refractivity contribution in [2.75, 3.05) is 33.3 Å². The molecule has 2 aliphatic rings. The highest BCUT2D eigenvalue weighted by molar-refractivity contribution is 4.91. The summed E-state index contributed by atoms with van der Waals surface area (Å²) in [4.78, 5) is 5.20. The van der Waals surface area contributed by atoms with Gasteiger partial charge in [-0.25, -0.2) is 0 Å². The first-order chi connectivity index (χ1) is 9.10. The van der Waals surface area contributed by atoms with Gasteiger partial charge in [0.15, 0.2) is 0 Å². The Morgan fingerprint density at radius 1 is 1.21 bits per heavy atom. The predicted molar refractivity (Wildman–Crippen MR) is 79.4 cm³/mol. The molecular weight excluding hydrogens is 238 g/mol. The molecule has 2 N–H and O–H groups in total. The third kappa shape index (κ3) is 4.15. The van der Waals surface area contributed by atoms with Crippen LogP contribution in [0.25, 0.3) is 0 Å². The Morgan fingerprint density at radius 3 is 2.63 bits per heavy atom. The van der Waals surface area contributed by atoms with Gasteiger partial charge < -0.3 is 15.3 Å².